The van der Waals surface area contributed by atoms with Gasteiger partial charge in [0.1, 0.15) is 5.65 Å². The van der Waals surface area contributed by atoms with Gasteiger partial charge in [0.05, 0.1) is 40.4 Å². The first-order valence-electron chi connectivity index (χ1n) is 10.9. The van der Waals surface area contributed by atoms with Crippen LogP contribution in [0.3, 0.4) is 0 Å². The minimum Gasteiger partial charge on any atom is -0.391 e. The van der Waals surface area contributed by atoms with Crippen molar-refractivity contribution < 1.29 is 5.11 Å². The number of nitrogens with one attached hydrogen (secondary N) is 1. The van der Waals surface area contributed by atoms with E-state index >= 15 is 0 Å². The Balaban J connectivity index is 1.23. The Bertz CT molecular complexity index is 1370. The molecule has 0 bridgehead atoms. The highest BCUT2D eigenvalue weighted by molar-refractivity contribution is 7.22. The Labute approximate surface area is 188 Å². The molecule has 8 nitrogen and oxygen atoms in total. The van der Waals surface area contributed by atoms with Crippen LogP contribution in [0.2, 0.25) is 0 Å². The molecule has 4 heterocycles. The smallest absolute Gasteiger partial charge is 0.184 e. The van der Waals surface area contributed by atoms with E-state index in [4.69, 9.17) is 4.98 Å². The van der Waals surface area contributed by atoms with Gasteiger partial charge in [-0.15, -0.1) is 5.10 Å². The van der Waals surface area contributed by atoms with E-state index in [9.17, 15) is 5.11 Å². The van der Waals surface area contributed by atoms with Gasteiger partial charge in [0, 0.05) is 30.6 Å². The van der Waals surface area contributed by atoms with Crippen LogP contribution in [0.5, 0.6) is 0 Å². The molecule has 2 N–H and O–H groups in total. The van der Waals surface area contributed by atoms with Crippen molar-refractivity contribution in [3.8, 4) is 5.69 Å². The highest BCUT2D eigenvalue weighted by Gasteiger charge is 2.23. The van der Waals surface area contributed by atoms with Crippen LogP contribution in [-0.4, -0.2) is 46.6 Å². The normalized spacial score (nSPS) is 19.0. The Kier molecular flexibility index (Phi) is 4.84. The third kappa shape index (κ3) is 3.63. The molecule has 2 atom stereocenters. The quantitative estimate of drug-likeness (QED) is 0.427. The van der Waals surface area contributed by atoms with Gasteiger partial charge in [0.2, 0.25) is 0 Å². The first kappa shape index (κ1) is 19.4. The molecule has 1 aromatic carbocycles. The fourth-order valence-electron chi connectivity index (χ4n) is 4.43. The molecule has 6 rings (SSSR count). The van der Waals surface area contributed by atoms with Crippen molar-refractivity contribution in [1.82, 2.24) is 29.4 Å². The number of pyridine rings is 1. The van der Waals surface area contributed by atoms with Crippen LogP contribution in [0.1, 0.15) is 36.9 Å². The molecule has 0 unspecified atom stereocenters. The van der Waals surface area contributed by atoms with E-state index in [0.29, 0.717) is 0 Å². The van der Waals surface area contributed by atoms with Crippen LogP contribution in [0.25, 0.3) is 21.6 Å². The number of aliphatic hydroxyl groups is 1. The number of hydrogen-bond acceptors (Lipinski definition) is 7. The van der Waals surface area contributed by atoms with Crippen molar-refractivity contribution in [2.45, 2.75) is 44.2 Å². The second kappa shape index (κ2) is 7.99. The van der Waals surface area contributed by atoms with Crippen LogP contribution in [0.15, 0.2) is 55.1 Å². The van der Waals surface area contributed by atoms with Gasteiger partial charge in [0.15, 0.2) is 5.13 Å². The second-order valence-electron chi connectivity index (χ2n) is 8.31. The van der Waals surface area contributed by atoms with Crippen molar-refractivity contribution >= 4 is 32.3 Å². The van der Waals surface area contributed by atoms with Gasteiger partial charge in [-0.2, -0.15) is 0 Å². The van der Waals surface area contributed by atoms with Crippen LogP contribution in [0, 0.1) is 0 Å². The average molecular weight is 446 g/mol. The molecule has 0 aliphatic heterocycles. The molecule has 1 fully saturated rings. The van der Waals surface area contributed by atoms with Crippen LogP contribution < -0.4 is 5.32 Å². The summed E-state index contributed by atoms with van der Waals surface area (Å²) in [5.74, 6) is 0. The maximum atomic E-state index is 10.2. The lowest BCUT2D eigenvalue weighted by molar-refractivity contribution is 0.116. The lowest BCUT2D eigenvalue weighted by atomic mass is 9.93. The zero-order valence-electron chi connectivity index (χ0n) is 17.4. The van der Waals surface area contributed by atoms with Gasteiger partial charge in [-0.3, -0.25) is 0 Å². The predicted molar refractivity (Wildman–Crippen MR) is 124 cm³/mol. The third-order valence-corrected chi connectivity index (χ3v) is 7.09. The summed E-state index contributed by atoms with van der Waals surface area (Å²) in [5.41, 5.74) is 5.14. The van der Waals surface area contributed by atoms with Crippen molar-refractivity contribution in [2.75, 3.05) is 5.32 Å². The minimum absolute atomic E-state index is 0.101. The number of benzene rings is 1. The Morgan fingerprint density at radius 1 is 1.12 bits per heavy atom. The predicted octanol–water partition coefficient (Wildman–Crippen LogP) is 3.83. The van der Waals surface area contributed by atoms with Crippen molar-refractivity contribution in [3.05, 3.63) is 66.4 Å². The molecule has 1 saturated carbocycles. The number of aromatic nitrogens is 6. The summed E-state index contributed by atoms with van der Waals surface area (Å²) in [6.45, 7) is 0. The summed E-state index contributed by atoms with van der Waals surface area (Å²) in [6, 6.07) is 10.5. The third-order valence-electron chi connectivity index (χ3n) is 6.14. The number of fused-ring (bicyclic) bond motifs is 2. The van der Waals surface area contributed by atoms with E-state index in [1.807, 2.05) is 30.7 Å². The number of anilines is 1. The monoisotopic (exact) mass is 445 g/mol. The van der Waals surface area contributed by atoms with Crippen LogP contribution in [0.4, 0.5) is 5.13 Å². The van der Waals surface area contributed by atoms with Crippen LogP contribution in [-0.2, 0) is 6.42 Å². The second-order valence-corrected chi connectivity index (χ2v) is 9.34. The van der Waals surface area contributed by atoms with E-state index in [2.05, 4.69) is 43.2 Å². The molecule has 1 aliphatic carbocycles. The van der Waals surface area contributed by atoms with Gasteiger partial charge >= 0.3 is 0 Å². The zero-order valence-corrected chi connectivity index (χ0v) is 18.2. The maximum Gasteiger partial charge on any atom is 0.184 e. The summed E-state index contributed by atoms with van der Waals surface area (Å²) in [7, 11) is 0. The van der Waals surface area contributed by atoms with Gasteiger partial charge in [-0.05, 0) is 36.6 Å². The summed E-state index contributed by atoms with van der Waals surface area (Å²) in [4.78, 5) is 9.31. The summed E-state index contributed by atoms with van der Waals surface area (Å²) >= 11 is 1.65. The first-order valence-corrected chi connectivity index (χ1v) is 11.7. The summed E-state index contributed by atoms with van der Waals surface area (Å²) < 4.78 is 4.98. The number of nitrogens with zero attached hydrogens (tertiary/aromatic N) is 6. The molecule has 4 aromatic heterocycles. The molecule has 0 radical (unpaired) electrons. The molecule has 0 saturated heterocycles. The summed E-state index contributed by atoms with van der Waals surface area (Å²) in [6.07, 6.45) is 12.0. The molecular formula is C23H23N7OS. The highest BCUT2D eigenvalue weighted by Crippen LogP contribution is 2.30. The molecule has 162 valence electrons. The Morgan fingerprint density at radius 2 is 2.06 bits per heavy atom. The number of thiazole rings is 1. The minimum atomic E-state index is -0.286. The molecule has 1 aliphatic rings. The SMILES string of the molecule is O[C@@H]1CCCC[C@H]1Nc1nc2ccc(Cc3cnc4cc(-n5ccnn5)ccn34)cc2s1. The van der Waals surface area contributed by atoms with Gasteiger partial charge in [-0.1, -0.05) is 35.5 Å². The average Bonchev–Trinajstić information content (AvgIpc) is 3.55. The van der Waals surface area contributed by atoms with Crippen molar-refractivity contribution in [2.24, 2.45) is 0 Å². The molecule has 0 spiro atoms. The van der Waals surface area contributed by atoms with Gasteiger partial charge in [0.25, 0.3) is 0 Å². The number of aliphatic hydroxyl groups excluding tert-OH is 1. The van der Waals surface area contributed by atoms with E-state index in [1.54, 1.807) is 22.2 Å². The van der Waals surface area contributed by atoms with Crippen molar-refractivity contribution in [3.63, 3.8) is 0 Å². The Morgan fingerprint density at radius 3 is 2.94 bits per heavy atom. The summed E-state index contributed by atoms with van der Waals surface area (Å²) in [5, 5.41) is 22.5. The van der Waals surface area contributed by atoms with E-state index in [0.717, 1.165) is 64.5 Å². The molecule has 0 amide bonds. The molecule has 32 heavy (non-hydrogen) atoms. The lowest BCUT2D eigenvalue weighted by Crippen LogP contribution is -2.36. The Hall–Kier alpha value is -3.30. The molecule has 9 heteroatoms. The lowest BCUT2D eigenvalue weighted by Gasteiger charge is -2.27. The zero-order chi connectivity index (χ0) is 21.5. The number of hydrogen-bond donors (Lipinski definition) is 2. The van der Waals surface area contributed by atoms with Gasteiger partial charge < -0.3 is 14.8 Å². The van der Waals surface area contributed by atoms with Crippen molar-refractivity contribution in [1.29, 1.82) is 0 Å². The standard InChI is InChI=1S/C23H23N7OS/c31-20-4-2-1-3-18(20)26-23-27-19-6-5-15(12-21(19)32-23)11-17-14-24-22-13-16(7-9-29(17)22)30-10-8-25-28-30/h5-10,12-14,18,20,31H,1-4,11H2,(H,26,27)/t18-,20-/m1/s1. The maximum absolute atomic E-state index is 10.2. The first-order chi connectivity index (χ1) is 15.7. The van der Waals surface area contributed by atoms with E-state index < -0.39 is 0 Å². The van der Waals surface area contributed by atoms with Crippen LogP contribution >= 0.6 is 11.3 Å². The molecular weight excluding hydrogens is 422 g/mol. The topological polar surface area (TPSA) is 93.2 Å². The fraction of sp³-hybridized carbons (Fsp3) is 0.304. The van der Waals surface area contributed by atoms with E-state index in [-0.39, 0.29) is 12.1 Å². The number of imidazole rings is 1. The fourth-order valence-corrected chi connectivity index (χ4v) is 5.42. The largest absolute Gasteiger partial charge is 0.391 e. The number of rotatable bonds is 5. The van der Waals surface area contributed by atoms with Gasteiger partial charge in [-0.25, -0.2) is 14.6 Å². The molecule has 5 aromatic rings. The highest BCUT2D eigenvalue weighted by atomic mass is 32.1. The van der Waals surface area contributed by atoms with E-state index in [1.165, 1.54) is 5.56 Å².